The molecular weight excluding hydrogens is 272 g/mol. The lowest BCUT2D eigenvalue weighted by Gasteiger charge is -2.04. The van der Waals surface area contributed by atoms with Crippen LogP contribution < -0.4 is 11.1 Å². The molecule has 0 aliphatic heterocycles. The molecule has 2 aromatic rings. The van der Waals surface area contributed by atoms with E-state index in [1.54, 1.807) is 15.6 Å². The molecule has 8 heteroatoms. The molecule has 8 nitrogen and oxygen atoms in total. The number of anilines is 1. The van der Waals surface area contributed by atoms with Crippen LogP contribution in [0.2, 0.25) is 0 Å². The smallest absolute Gasteiger partial charge is 0.271 e. The second kappa shape index (κ2) is 6.21. The Morgan fingerprint density at radius 1 is 1.33 bits per heavy atom. The lowest BCUT2D eigenvalue weighted by molar-refractivity contribution is -0.116. The third kappa shape index (κ3) is 3.68. The highest BCUT2D eigenvalue weighted by Gasteiger charge is 2.15. The molecule has 0 saturated heterocycles. The van der Waals surface area contributed by atoms with E-state index in [4.69, 9.17) is 5.73 Å². The topological polar surface area (TPSA) is 108 Å². The first-order chi connectivity index (χ1) is 9.99. The van der Waals surface area contributed by atoms with Crippen molar-refractivity contribution in [3.8, 4) is 0 Å². The number of carbonyl (C=O) groups is 2. The largest absolute Gasteiger partial charge is 0.364 e. The maximum absolute atomic E-state index is 11.9. The Kier molecular flexibility index (Phi) is 4.36. The minimum Gasteiger partial charge on any atom is -0.364 e. The van der Waals surface area contributed by atoms with Gasteiger partial charge in [0.2, 0.25) is 5.91 Å². The van der Waals surface area contributed by atoms with Gasteiger partial charge < -0.3 is 11.1 Å². The van der Waals surface area contributed by atoms with Crippen molar-refractivity contribution in [2.24, 2.45) is 5.73 Å². The summed E-state index contributed by atoms with van der Waals surface area (Å²) in [5.41, 5.74) is 6.55. The molecule has 21 heavy (non-hydrogen) atoms. The molecule has 0 aromatic carbocycles. The highest BCUT2D eigenvalue weighted by Crippen LogP contribution is 2.13. The van der Waals surface area contributed by atoms with Crippen molar-refractivity contribution in [3.05, 3.63) is 29.8 Å². The van der Waals surface area contributed by atoms with Crippen LogP contribution in [0.3, 0.4) is 0 Å². The van der Waals surface area contributed by atoms with Crippen LogP contribution in [0, 0.1) is 6.92 Å². The zero-order chi connectivity index (χ0) is 15.4. The lowest BCUT2D eigenvalue weighted by Crippen LogP contribution is -2.19. The number of carbonyl (C=O) groups excluding carboxylic acids is 2. The average molecular weight is 290 g/mol. The molecule has 0 spiro atoms. The van der Waals surface area contributed by atoms with Crippen molar-refractivity contribution < 1.29 is 9.59 Å². The van der Waals surface area contributed by atoms with Crippen molar-refractivity contribution >= 4 is 17.5 Å². The predicted molar refractivity (Wildman–Crippen MR) is 76.6 cm³/mol. The summed E-state index contributed by atoms with van der Waals surface area (Å²) in [7, 11) is 0. The molecule has 2 heterocycles. The number of aromatic nitrogens is 4. The second-order valence-electron chi connectivity index (χ2n) is 4.63. The second-order valence-corrected chi connectivity index (χ2v) is 4.63. The lowest BCUT2D eigenvalue weighted by atomic mass is 10.3. The fourth-order valence-corrected chi connectivity index (χ4v) is 1.87. The molecule has 0 aliphatic carbocycles. The molecule has 3 N–H and O–H groups in total. The number of nitrogens with one attached hydrogen (secondary N) is 1. The quantitative estimate of drug-likeness (QED) is 0.809. The first-order valence-corrected chi connectivity index (χ1v) is 6.66. The van der Waals surface area contributed by atoms with E-state index in [1.807, 2.05) is 26.1 Å². The Morgan fingerprint density at radius 2 is 2.10 bits per heavy atom. The van der Waals surface area contributed by atoms with Gasteiger partial charge in [0.15, 0.2) is 5.69 Å². The van der Waals surface area contributed by atoms with Crippen LogP contribution in [-0.2, 0) is 17.9 Å². The number of amides is 2. The van der Waals surface area contributed by atoms with E-state index in [0.717, 1.165) is 5.69 Å². The SMILES string of the molecule is CCn1cc(NC(=O)CCn2ccc(C)n2)c(C(N)=O)n1. The molecule has 2 rings (SSSR count). The highest BCUT2D eigenvalue weighted by molar-refractivity contribution is 6.01. The number of nitrogens with two attached hydrogens (primary N) is 1. The zero-order valence-electron chi connectivity index (χ0n) is 12.0. The Labute approximate surface area is 121 Å². The van der Waals surface area contributed by atoms with Crippen LogP contribution in [0.25, 0.3) is 0 Å². The highest BCUT2D eigenvalue weighted by atomic mass is 16.2. The number of nitrogens with zero attached hydrogens (tertiary/aromatic N) is 4. The van der Waals surface area contributed by atoms with Crippen LogP contribution in [0.4, 0.5) is 5.69 Å². The van der Waals surface area contributed by atoms with Crippen LogP contribution in [0.5, 0.6) is 0 Å². The monoisotopic (exact) mass is 290 g/mol. The van der Waals surface area contributed by atoms with E-state index < -0.39 is 5.91 Å². The van der Waals surface area contributed by atoms with Gasteiger partial charge in [0, 0.05) is 31.9 Å². The predicted octanol–water partition coefficient (Wildman–Crippen LogP) is 0.536. The summed E-state index contributed by atoms with van der Waals surface area (Å²) in [6.45, 7) is 4.81. The molecule has 0 radical (unpaired) electrons. The molecule has 0 aliphatic rings. The van der Waals surface area contributed by atoms with E-state index in [0.29, 0.717) is 18.8 Å². The Balaban J connectivity index is 1.99. The standard InChI is InChI=1S/C13H18N6O2/c1-3-18-8-10(12(17-18)13(14)21)15-11(20)5-7-19-6-4-9(2)16-19/h4,6,8H,3,5,7H2,1-2H3,(H2,14,21)(H,15,20). The fourth-order valence-electron chi connectivity index (χ4n) is 1.87. The summed E-state index contributed by atoms with van der Waals surface area (Å²) in [5.74, 6) is -0.887. The molecule has 112 valence electrons. The molecular formula is C13H18N6O2. The average Bonchev–Trinajstić information content (AvgIpc) is 3.02. The van der Waals surface area contributed by atoms with E-state index in [9.17, 15) is 9.59 Å². The van der Waals surface area contributed by atoms with Gasteiger partial charge in [0.1, 0.15) is 0 Å². The number of primary amides is 1. The molecule has 0 bridgehead atoms. The van der Waals surface area contributed by atoms with Gasteiger partial charge >= 0.3 is 0 Å². The number of hydrogen-bond donors (Lipinski definition) is 2. The summed E-state index contributed by atoms with van der Waals surface area (Å²) in [5, 5.41) is 10.9. The van der Waals surface area contributed by atoms with Gasteiger partial charge in [-0.15, -0.1) is 0 Å². The third-order valence-corrected chi connectivity index (χ3v) is 2.94. The van der Waals surface area contributed by atoms with E-state index in [2.05, 4.69) is 15.5 Å². The van der Waals surface area contributed by atoms with Crippen molar-refractivity contribution in [1.82, 2.24) is 19.6 Å². The maximum Gasteiger partial charge on any atom is 0.271 e. The number of hydrogen-bond acceptors (Lipinski definition) is 4. The van der Waals surface area contributed by atoms with Crippen LogP contribution in [0.1, 0.15) is 29.5 Å². The molecule has 2 aromatic heterocycles. The summed E-state index contributed by atoms with van der Waals surface area (Å²) in [6.07, 6.45) is 3.65. The molecule has 0 atom stereocenters. The Morgan fingerprint density at radius 3 is 2.67 bits per heavy atom. The van der Waals surface area contributed by atoms with Crippen LogP contribution in [-0.4, -0.2) is 31.4 Å². The van der Waals surface area contributed by atoms with Gasteiger partial charge in [-0.05, 0) is 19.9 Å². The minimum atomic E-state index is -0.666. The Hall–Kier alpha value is -2.64. The van der Waals surface area contributed by atoms with Gasteiger partial charge in [0.25, 0.3) is 5.91 Å². The molecule has 0 saturated carbocycles. The van der Waals surface area contributed by atoms with Crippen molar-refractivity contribution in [2.75, 3.05) is 5.32 Å². The van der Waals surface area contributed by atoms with Crippen LogP contribution >= 0.6 is 0 Å². The van der Waals surface area contributed by atoms with Crippen molar-refractivity contribution in [1.29, 1.82) is 0 Å². The van der Waals surface area contributed by atoms with Gasteiger partial charge in [0.05, 0.1) is 11.4 Å². The van der Waals surface area contributed by atoms with Crippen LogP contribution in [0.15, 0.2) is 18.5 Å². The van der Waals surface area contributed by atoms with Gasteiger partial charge in [-0.25, -0.2) is 0 Å². The fraction of sp³-hybridized carbons (Fsp3) is 0.385. The number of rotatable bonds is 6. The third-order valence-electron chi connectivity index (χ3n) is 2.94. The summed E-state index contributed by atoms with van der Waals surface area (Å²) in [4.78, 5) is 23.2. The number of aryl methyl sites for hydroxylation is 3. The van der Waals surface area contributed by atoms with E-state index in [-0.39, 0.29) is 18.0 Å². The molecule has 0 unspecified atom stereocenters. The Bertz CT molecular complexity index is 657. The molecule has 2 amide bonds. The van der Waals surface area contributed by atoms with E-state index >= 15 is 0 Å². The minimum absolute atomic E-state index is 0.0696. The zero-order valence-corrected chi connectivity index (χ0v) is 12.0. The first kappa shape index (κ1) is 14.8. The summed E-state index contributed by atoms with van der Waals surface area (Å²) >= 11 is 0. The van der Waals surface area contributed by atoms with E-state index in [1.165, 1.54) is 0 Å². The summed E-state index contributed by atoms with van der Waals surface area (Å²) < 4.78 is 3.24. The van der Waals surface area contributed by atoms with Crippen molar-refractivity contribution in [2.45, 2.75) is 33.4 Å². The first-order valence-electron chi connectivity index (χ1n) is 6.66. The van der Waals surface area contributed by atoms with Gasteiger partial charge in [-0.1, -0.05) is 0 Å². The van der Waals surface area contributed by atoms with Crippen molar-refractivity contribution in [3.63, 3.8) is 0 Å². The maximum atomic E-state index is 11.9. The normalized spacial score (nSPS) is 10.6. The van der Waals surface area contributed by atoms with Gasteiger partial charge in [-0.3, -0.25) is 19.0 Å². The molecule has 0 fully saturated rings. The summed E-state index contributed by atoms with van der Waals surface area (Å²) in [6, 6.07) is 1.87. The van der Waals surface area contributed by atoms with Gasteiger partial charge in [-0.2, -0.15) is 10.2 Å².